The van der Waals surface area contributed by atoms with E-state index < -0.39 is 6.29 Å². The number of aryl methyl sites for hydroxylation is 1. The van der Waals surface area contributed by atoms with Crippen LogP contribution in [0.2, 0.25) is 0 Å². The Hall–Kier alpha value is -3.76. The van der Waals surface area contributed by atoms with Gasteiger partial charge in [0.1, 0.15) is 12.4 Å². The summed E-state index contributed by atoms with van der Waals surface area (Å²) in [7, 11) is 1.46. The van der Waals surface area contributed by atoms with Crippen LogP contribution >= 0.6 is 0 Å². The lowest BCUT2D eigenvalue weighted by Gasteiger charge is -2.40. The monoisotopic (exact) mass is 542 g/mol. The predicted molar refractivity (Wildman–Crippen MR) is 149 cm³/mol. The number of rotatable bonds is 8. The predicted octanol–water partition coefficient (Wildman–Crippen LogP) is 3.88. The topological polar surface area (TPSA) is 102 Å². The highest BCUT2D eigenvalue weighted by molar-refractivity contribution is 5.69. The van der Waals surface area contributed by atoms with Crippen molar-refractivity contribution in [2.75, 3.05) is 26.9 Å². The molecule has 2 aliphatic heterocycles. The van der Waals surface area contributed by atoms with Gasteiger partial charge in [0.15, 0.2) is 12.1 Å². The number of fused-ring (bicyclic) bond motifs is 1. The van der Waals surface area contributed by atoms with E-state index in [1.165, 1.54) is 40.2 Å². The van der Waals surface area contributed by atoms with Crippen LogP contribution in [-0.4, -0.2) is 62.8 Å². The van der Waals surface area contributed by atoms with Gasteiger partial charge in [-0.15, -0.1) is 0 Å². The Bertz CT molecular complexity index is 1530. The van der Waals surface area contributed by atoms with Crippen LogP contribution < -0.4 is 9.47 Å². The molecule has 0 radical (unpaired) electrons. The van der Waals surface area contributed by atoms with Crippen LogP contribution in [-0.2, 0) is 24.3 Å². The van der Waals surface area contributed by atoms with Gasteiger partial charge < -0.3 is 24.4 Å². The maximum Gasteiger partial charge on any atom is 0.226 e. The Kier molecular flexibility index (Phi) is 7.29. The number of methoxy groups -OCH3 is 1. The van der Waals surface area contributed by atoms with Gasteiger partial charge in [-0.3, -0.25) is 4.90 Å². The lowest BCUT2D eigenvalue weighted by Crippen LogP contribution is -2.50. The van der Waals surface area contributed by atoms with E-state index in [2.05, 4.69) is 29.1 Å². The first kappa shape index (κ1) is 26.5. The molecule has 1 saturated heterocycles. The zero-order chi connectivity index (χ0) is 27.8. The van der Waals surface area contributed by atoms with E-state index in [4.69, 9.17) is 19.2 Å². The quantitative estimate of drug-likeness (QED) is 0.324. The maximum atomic E-state index is 9.66. The highest BCUT2D eigenvalue weighted by Crippen LogP contribution is 2.35. The van der Waals surface area contributed by atoms with Gasteiger partial charge in [-0.05, 0) is 66.3 Å². The number of aromatic nitrogens is 3. The van der Waals surface area contributed by atoms with E-state index in [0.29, 0.717) is 24.2 Å². The Morgan fingerprint density at radius 1 is 1.07 bits per heavy atom. The lowest BCUT2D eigenvalue weighted by atomic mass is 9.91. The first-order valence-electron chi connectivity index (χ1n) is 13.5. The van der Waals surface area contributed by atoms with E-state index in [1.807, 2.05) is 37.3 Å². The summed E-state index contributed by atoms with van der Waals surface area (Å²) in [5.41, 5.74) is 8.10. The average Bonchev–Trinajstić information content (AvgIpc) is 3.37. The molecule has 0 bridgehead atoms. The fourth-order valence-corrected chi connectivity index (χ4v) is 5.59. The highest BCUT2D eigenvalue weighted by atomic mass is 16.5. The number of nitrogens with zero attached hydrogens (tertiary/aromatic N) is 4. The average molecular weight is 543 g/mol. The second-order valence-corrected chi connectivity index (χ2v) is 10.4. The van der Waals surface area contributed by atoms with Crippen molar-refractivity contribution in [3.63, 3.8) is 0 Å². The van der Waals surface area contributed by atoms with Crippen molar-refractivity contribution in [2.45, 2.75) is 45.8 Å². The molecule has 40 heavy (non-hydrogen) atoms. The van der Waals surface area contributed by atoms with Gasteiger partial charge in [0.2, 0.25) is 5.88 Å². The molecular formula is C31H34N4O5. The van der Waals surface area contributed by atoms with Crippen LogP contribution in [0.3, 0.4) is 0 Å². The number of benzene rings is 2. The number of ether oxygens (including phenoxy) is 3. The number of hydrogen-bond acceptors (Lipinski definition) is 8. The van der Waals surface area contributed by atoms with Crippen LogP contribution in [0.4, 0.5) is 0 Å². The molecule has 9 heteroatoms. The molecule has 0 saturated carbocycles. The fraction of sp³-hybridized carbons (Fsp3) is 0.355. The van der Waals surface area contributed by atoms with Crippen LogP contribution in [0.5, 0.6) is 11.6 Å². The summed E-state index contributed by atoms with van der Waals surface area (Å²) in [4.78, 5) is 7.36. The molecule has 2 aromatic heterocycles. The van der Waals surface area contributed by atoms with E-state index in [1.54, 1.807) is 6.07 Å². The summed E-state index contributed by atoms with van der Waals surface area (Å²) < 4.78 is 18.8. The first-order chi connectivity index (χ1) is 19.4. The number of aliphatic hydroxyl groups excluding tert-OH is 1. The molecule has 4 heterocycles. The van der Waals surface area contributed by atoms with Gasteiger partial charge in [0, 0.05) is 18.7 Å². The maximum absolute atomic E-state index is 9.66. The molecule has 4 aromatic rings. The van der Waals surface area contributed by atoms with Crippen molar-refractivity contribution in [2.24, 2.45) is 0 Å². The second-order valence-electron chi connectivity index (χ2n) is 10.4. The fourth-order valence-electron chi connectivity index (χ4n) is 5.59. The van der Waals surface area contributed by atoms with Crippen molar-refractivity contribution in [3.05, 3.63) is 88.1 Å². The third-order valence-corrected chi connectivity index (χ3v) is 8.00. The van der Waals surface area contributed by atoms with Crippen LogP contribution in [0.1, 0.15) is 39.7 Å². The van der Waals surface area contributed by atoms with Gasteiger partial charge in [-0.25, -0.2) is 4.98 Å². The summed E-state index contributed by atoms with van der Waals surface area (Å²) in [6.45, 7) is 8.44. The standard InChI is InChI=1S/C31H34N4O5/c1-19-6-4-7-25(27-8-5-9-28(33-27)35-30(38-3)26(14-32-35)31(36)37)29(19)40-16-22-11-10-21-15-34(23-17-39-18-23)13-12-24(21)20(22)2/h4-11,14,23,31,36-37H,12-13,15-18H2,1-3H3. The first-order valence-corrected chi connectivity index (χ1v) is 13.5. The molecule has 9 nitrogen and oxygen atoms in total. The number of hydrogen-bond donors (Lipinski definition) is 2. The van der Waals surface area contributed by atoms with Gasteiger partial charge >= 0.3 is 0 Å². The van der Waals surface area contributed by atoms with E-state index >= 15 is 0 Å². The summed E-state index contributed by atoms with van der Waals surface area (Å²) in [6, 6.07) is 16.6. The summed E-state index contributed by atoms with van der Waals surface area (Å²) in [5, 5.41) is 23.6. The SMILES string of the molecule is COc1c(C(O)O)cnn1-c1cccc(-c2cccc(C)c2OCc2ccc3c(c2C)CCN(C2COC2)C3)n1. The normalized spacial score (nSPS) is 15.7. The molecular weight excluding hydrogens is 508 g/mol. The molecule has 0 unspecified atom stereocenters. The van der Waals surface area contributed by atoms with Crippen molar-refractivity contribution in [1.82, 2.24) is 19.7 Å². The minimum absolute atomic E-state index is 0.166. The summed E-state index contributed by atoms with van der Waals surface area (Å²) in [5.74, 6) is 1.48. The van der Waals surface area contributed by atoms with Gasteiger partial charge in [-0.2, -0.15) is 9.78 Å². The molecule has 208 valence electrons. The zero-order valence-corrected chi connectivity index (χ0v) is 23.0. The molecule has 2 aromatic carbocycles. The summed E-state index contributed by atoms with van der Waals surface area (Å²) in [6.07, 6.45) is 0.704. The number of aliphatic hydroxyl groups is 2. The Morgan fingerprint density at radius 3 is 2.65 bits per heavy atom. The molecule has 6 rings (SSSR count). The van der Waals surface area contributed by atoms with E-state index in [9.17, 15) is 10.2 Å². The van der Waals surface area contributed by atoms with Gasteiger partial charge in [-0.1, -0.05) is 30.3 Å². The number of para-hydroxylation sites is 1. The van der Waals surface area contributed by atoms with Crippen molar-refractivity contribution in [3.8, 4) is 28.7 Å². The molecule has 2 aliphatic rings. The Balaban J connectivity index is 1.26. The minimum Gasteiger partial charge on any atom is -0.488 e. The Morgan fingerprint density at radius 2 is 1.90 bits per heavy atom. The van der Waals surface area contributed by atoms with Crippen molar-refractivity contribution in [1.29, 1.82) is 0 Å². The summed E-state index contributed by atoms with van der Waals surface area (Å²) >= 11 is 0. The third kappa shape index (κ3) is 4.86. The van der Waals surface area contributed by atoms with Crippen molar-refractivity contribution >= 4 is 0 Å². The molecule has 0 atom stereocenters. The van der Waals surface area contributed by atoms with Gasteiger partial charge in [0.25, 0.3) is 0 Å². The molecule has 0 aliphatic carbocycles. The lowest BCUT2D eigenvalue weighted by molar-refractivity contribution is -0.0695. The second kappa shape index (κ2) is 11.0. The largest absolute Gasteiger partial charge is 0.488 e. The third-order valence-electron chi connectivity index (χ3n) is 8.00. The molecule has 0 spiro atoms. The molecule has 0 amide bonds. The smallest absolute Gasteiger partial charge is 0.226 e. The zero-order valence-electron chi connectivity index (χ0n) is 23.0. The van der Waals surface area contributed by atoms with Crippen LogP contribution in [0.15, 0.2) is 54.7 Å². The minimum atomic E-state index is -1.70. The van der Waals surface area contributed by atoms with Gasteiger partial charge in [0.05, 0.1) is 43.8 Å². The molecule has 2 N–H and O–H groups in total. The van der Waals surface area contributed by atoms with E-state index in [-0.39, 0.29) is 11.4 Å². The van der Waals surface area contributed by atoms with E-state index in [0.717, 1.165) is 49.6 Å². The Labute approximate surface area is 233 Å². The number of pyridine rings is 1. The van der Waals surface area contributed by atoms with Crippen LogP contribution in [0.25, 0.3) is 17.1 Å². The van der Waals surface area contributed by atoms with Crippen molar-refractivity contribution < 1.29 is 24.4 Å². The van der Waals surface area contributed by atoms with Crippen LogP contribution in [0, 0.1) is 13.8 Å². The molecule has 1 fully saturated rings. The highest BCUT2D eigenvalue weighted by Gasteiger charge is 2.29.